The molecule has 1 aromatic carbocycles. The van der Waals surface area contributed by atoms with Crippen LogP contribution in [0.1, 0.15) is 71.0 Å². The molecule has 41 heavy (non-hydrogen) atoms. The Labute approximate surface area is 241 Å². The molecule has 2 fully saturated rings. The third kappa shape index (κ3) is 5.16. The number of piperazine rings is 1. The first-order valence-corrected chi connectivity index (χ1v) is 14.6. The summed E-state index contributed by atoms with van der Waals surface area (Å²) in [5.41, 5.74) is 5.54. The van der Waals surface area contributed by atoms with Gasteiger partial charge in [0.25, 0.3) is 5.91 Å². The largest absolute Gasteiger partial charge is 0.492 e. The van der Waals surface area contributed by atoms with Gasteiger partial charge in [-0.05, 0) is 49.4 Å². The van der Waals surface area contributed by atoms with Gasteiger partial charge < -0.3 is 24.8 Å². The first-order valence-electron chi connectivity index (χ1n) is 14.6. The van der Waals surface area contributed by atoms with Crippen molar-refractivity contribution in [3.63, 3.8) is 0 Å². The molecule has 10 nitrogen and oxygen atoms in total. The van der Waals surface area contributed by atoms with Gasteiger partial charge in [-0.1, -0.05) is 6.07 Å². The zero-order valence-corrected chi connectivity index (χ0v) is 24.1. The number of fused-ring (bicyclic) bond motifs is 2. The van der Waals surface area contributed by atoms with E-state index in [1.54, 1.807) is 12.4 Å². The predicted octanol–water partition coefficient (Wildman–Crippen LogP) is 3.29. The SMILES string of the molecule is CCOc1cc([C@H](C)N2CC3(CC3)c3c(CN4CCNCC4)cc(Cn4ccnc4NC)cc3C2=O)ncc1C#N. The van der Waals surface area contributed by atoms with Gasteiger partial charge >= 0.3 is 0 Å². The summed E-state index contributed by atoms with van der Waals surface area (Å²) in [4.78, 5) is 27.8. The van der Waals surface area contributed by atoms with Crippen LogP contribution in [0.4, 0.5) is 5.95 Å². The minimum Gasteiger partial charge on any atom is -0.492 e. The van der Waals surface area contributed by atoms with Gasteiger partial charge in [0.15, 0.2) is 0 Å². The van der Waals surface area contributed by atoms with Crippen LogP contribution in [0, 0.1) is 11.3 Å². The highest BCUT2D eigenvalue weighted by Crippen LogP contribution is 2.55. The van der Waals surface area contributed by atoms with E-state index in [2.05, 4.69) is 48.3 Å². The molecule has 0 bridgehead atoms. The van der Waals surface area contributed by atoms with Crippen molar-refractivity contribution in [2.75, 3.05) is 51.7 Å². The summed E-state index contributed by atoms with van der Waals surface area (Å²) in [5, 5.41) is 16.1. The Bertz CT molecular complexity index is 1480. The number of amides is 1. The van der Waals surface area contributed by atoms with Crippen LogP contribution >= 0.6 is 0 Å². The lowest BCUT2D eigenvalue weighted by atomic mass is 9.81. The average Bonchev–Trinajstić information content (AvgIpc) is 3.62. The van der Waals surface area contributed by atoms with Crippen molar-refractivity contribution in [1.82, 2.24) is 29.7 Å². The first-order chi connectivity index (χ1) is 20.0. The fraction of sp³-hybridized carbons (Fsp3) is 0.484. The summed E-state index contributed by atoms with van der Waals surface area (Å²) in [6.45, 7) is 10.5. The van der Waals surface area contributed by atoms with Crippen molar-refractivity contribution in [3.05, 3.63) is 70.3 Å². The second-order valence-corrected chi connectivity index (χ2v) is 11.4. The van der Waals surface area contributed by atoms with Gasteiger partial charge in [0.05, 0.1) is 24.9 Å². The summed E-state index contributed by atoms with van der Waals surface area (Å²) >= 11 is 0. The maximum atomic E-state index is 14.4. The van der Waals surface area contributed by atoms with E-state index in [1.807, 2.05) is 38.1 Å². The van der Waals surface area contributed by atoms with Gasteiger partial charge in [0, 0.05) is 82.0 Å². The summed E-state index contributed by atoms with van der Waals surface area (Å²) in [7, 11) is 1.87. The van der Waals surface area contributed by atoms with Crippen LogP contribution in [0.2, 0.25) is 0 Å². The number of benzene rings is 1. The Kier molecular flexibility index (Phi) is 7.41. The first kappa shape index (κ1) is 27.2. The Morgan fingerprint density at radius 1 is 1.20 bits per heavy atom. The smallest absolute Gasteiger partial charge is 0.254 e. The van der Waals surface area contributed by atoms with E-state index < -0.39 is 0 Å². The number of nitriles is 1. The summed E-state index contributed by atoms with van der Waals surface area (Å²) in [5.74, 6) is 1.35. The molecule has 4 heterocycles. The highest BCUT2D eigenvalue weighted by Gasteiger charge is 2.53. The average molecular weight is 555 g/mol. The molecule has 214 valence electrons. The monoisotopic (exact) mass is 554 g/mol. The lowest BCUT2D eigenvalue weighted by Gasteiger charge is -2.40. The van der Waals surface area contributed by atoms with Crippen molar-refractivity contribution in [2.45, 2.75) is 51.2 Å². The minimum atomic E-state index is -0.259. The van der Waals surface area contributed by atoms with Crippen LogP contribution in [0.5, 0.6) is 5.75 Å². The highest BCUT2D eigenvalue weighted by molar-refractivity contribution is 5.99. The molecule has 3 aromatic rings. The number of pyridine rings is 1. The van der Waals surface area contributed by atoms with Gasteiger partial charge in [0.1, 0.15) is 17.4 Å². The maximum Gasteiger partial charge on any atom is 0.254 e. The van der Waals surface area contributed by atoms with Crippen LogP contribution in [0.25, 0.3) is 0 Å². The Morgan fingerprint density at radius 3 is 2.71 bits per heavy atom. The van der Waals surface area contributed by atoms with Gasteiger partial charge in [0.2, 0.25) is 5.95 Å². The lowest BCUT2D eigenvalue weighted by molar-refractivity contribution is 0.0633. The van der Waals surface area contributed by atoms with Crippen LogP contribution in [0.3, 0.4) is 0 Å². The summed E-state index contributed by atoms with van der Waals surface area (Å²) < 4.78 is 7.80. The molecule has 2 aliphatic heterocycles. The molecule has 1 atom stereocenters. The minimum absolute atomic E-state index is 0.0279. The number of aromatic nitrogens is 3. The number of imidazole rings is 1. The summed E-state index contributed by atoms with van der Waals surface area (Å²) in [6, 6.07) is 8.14. The number of rotatable bonds is 9. The van der Waals surface area contributed by atoms with Gasteiger partial charge in [-0.15, -0.1) is 0 Å². The fourth-order valence-electron chi connectivity index (χ4n) is 6.45. The number of carbonyl (C=O) groups is 1. The van der Waals surface area contributed by atoms with Crippen LogP contribution in [-0.2, 0) is 18.5 Å². The molecule has 3 aliphatic rings. The second kappa shape index (κ2) is 11.1. The number of hydrogen-bond acceptors (Lipinski definition) is 8. The van der Waals surface area contributed by atoms with E-state index in [9.17, 15) is 10.1 Å². The molecule has 0 radical (unpaired) electrons. The van der Waals surface area contributed by atoms with Crippen molar-refractivity contribution in [2.24, 2.45) is 0 Å². The molecule has 10 heteroatoms. The Morgan fingerprint density at radius 2 is 2.00 bits per heavy atom. The standard InChI is InChI=1S/C31H38N8O2/c1-4-41-27-15-26(36-17-24(27)16-32)21(2)39-20-31(5-6-31)28-23(19-37-10-7-34-8-11-37)13-22(14-25(28)29(39)40)18-38-12-9-35-30(38)33-3/h9,12-15,17,21,34H,4-8,10-11,18-20H2,1-3H3,(H,33,35)/t21-/m0/s1. The summed E-state index contributed by atoms with van der Waals surface area (Å²) in [6.07, 6.45) is 7.45. The molecular weight excluding hydrogens is 516 g/mol. The van der Waals surface area contributed by atoms with E-state index >= 15 is 0 Å². The number of ether oxygens (including phenoxy) is 1. The maximum absolute atomic E-state index is 14.4. The second-order valence-electron chi connectivity index (χ2n) is 11.4. The van der Waals surface area contributed by atoms with Gasteiger partial charge in [-0.3, -0.25) is 14.7 Å². The molecule has 0 unspecified atom stereocenters. The quantitative estimate of drug-likeness (QED) is 0.415. The molecule has 2 aromatic heterocycles. The molecule has 2 N–H and O–H groups in total. The molecule has 6 rings (SSSR count). The van der Waals surface area contributed by atoms with Crippen molar-refractivity contribution in [3.8, 4) is 11.8 Å². The number of carbonyl (C=O) groups excluding carboxylic acids is 1. The molecule has 1 aliphatic carbocycles. The van der Waals surface area contributed by atoms with Crippen molar-refractivity contribution < 1.29 is 9.53 Å². The molecular formula is C31H38N8O2. The molecule has 1 spiro atoms. The Balaban J connectivity index is 1.39. The molecule has 1 saturated heterocycles. The van der Waals surface area contributed by atoms with Crippen molar-refractivity contribution >= 4 is 11.9 Å². The van der Waals surface area contributed by atoms with Crippen LogP contribution in [0.15, 0.2) is 36.8 Å². The lowest BCUT2D eigenvalue weighted by Crippen LogP contribution is -2.46. The predicted molar refractivity (Wildman–Crippen MR) is 156 cm³/mol. The highest BCUT2D eigenvalue weighted by atomic mass is 16.5. The molecule has 1 amide bonds. The number of anilines is 1. The van der Waals surface area contributed by atoms with Gasteiger partial charge in [-0.25, -0.2) is 4.98 Å². The van der Waals surface area contributed by atoms with E-state index in [0.717, 1.165) is 68.3 Å². The third-order valence-corrected chi connectivity index (χ3v) is 8.73. The van der Waals surface area contributed by atoms with Crippen LogP contribution < -0.4 is 15.4 Å². The number of hydrogen-bond donors (Lipinski definition) is 2. The van der Waals surface area contributed by atoms with E-state index in [4.69, 9.17) is 4.74 Å². The van der Waals surface area contributed by atoms with Gasteiger partial charge in [-0.2, -0.15) is 5.26 Å². The number of nitrogens with zero attached hydrogens (tertiary/aromatic N) is 6. The fourth-order valence-corrected chi connectivity index (χ4v) is 6.45. The van der Waals surface area contributed by atoms with Crippen LogP contribution in [-0.4, -0.2) is 76.6 Å². The zero-order valence-electron chi connectivity index (χ0n) is 24.1. The molecule has 1 saturated carbocycles. The number of nitrogens with one attached hydrogen (secondary N) is 2. The topological polar surface area (TPSA) is 111 Å². The van der Waals surface area contributed by atoms with E-state index in [0.29, 0.717) is 31.0 Å². The Hall–Kier alpha value is -3.94. The zero-order chi connectivity index (χ0) is 28.6. The third-order valence-electron chi connectivity index (χ3n) is 8.73. The van der Waals surface area contributed by atoms with E-state index in [-0.39, 0.29) is 17.4 Å². The van der Waals surface area contributed by atoms with Crippen molar-refractivity contribution in [1.29, 1.82) is 5.26 Å². The van der Waals surface area contributed by atoms with E-state index in [1.165, 1.54) is 11.1 Å². The normalized spacial score (nSPS) is 18.6.